The van der Waals surface area contributed by atoms with E-state index in [1.807, 2.05) is 0 Å². The molecular weight excluding hydrogens is 209 g/mol. The molecule has 0 atom stereocenters. The molecule has 3 nitrogen and oxygen atoms in total. The fourth-order valence-corrected chi connectivity index (χ4v) is 1.22. The van der Waals surface area contributed by atoms with Gasteiger partial charge in [0.1, 0.15) is 5.82 Å². The molecule has 0 heterocycles. The molecule has 0 aliphatic rings. The number of hydrogen-bond donors (Lipinski definition) is 1. The molecule has 0 aromatic heterocycles. The summed E-state index contributed by atoms with van der Waals surface area (Å²) in [7, 11) is 1.29. The van der Waals surface area contributed by atoms with Crippen molar-refractivity contribution in [3.63, 3.8) is 0 Å². The number of hydrogen-bond acceptors (Lipinski definition) is 3. The number of halogens is 1. The molecule has 4 heteroatoms. The number of nitrogens with two attached hydrogens (primary N) is 1. The molecular formula is C12H14FNO2. The predicted molar refractivity (Wildman–Crippen MR) is 60.4 cm³/mol. The molecule has 2 N–H and O–H groups in total. The Kier molecular flexibility index (Phi) is 4.66. The Balaban J connectivity index is 2.94. The lowest BCUT2D eigenvalue weighted by Crippen LogP contribution is -2.02. The Hall–Kier alpha value is -1.68. The maximum absolute atomic E-state index is 13.3. The molecule has 0 amide bonds. The zero-order chi connectivity index (χ0) is 12.0. The van der Waals surface area contributed by atoms with Crippen LogP contribution in [0.4, 0.5) is 4.39 Å². The largest absolute Gasteiger partial charge is 0.465 e. The van der Waals surface area contributed by atoms with Gasteiger partial charge in [-0.1, -0.05) is 12.2 Å². The van der Waals surface area contributed by atoms with Crippen LogP contribution in [-0.2, 0) is 4.74 Å². The van der Waals surface area contributed by atoms with E-state index in [-0.39, 0.29) is 5.82 Å². The van der Waals surface area contributed by atoms with E-state index in [1.165, 1.54) is 25.3 Å². The highest BCUT2D eigenvalue weighted by atomic mass is 19.1. The van der Waals surface area contributed by atoms with Gasteiger partial charge in [-0.3, -0.25) is 0 Å². The summed E-state index contributed by atoms with van der Waals surface area (Å²) in [4.78, 5) is 11.2. The van der Waals surface area contributed by atoms with E-state index in [9.17, 15) is 9.18 Å². The molecule has 0 saturated heterocycles. The minimum atomic E-state index is -0.478. The minimum absolute atomic E-state index is 0.330. The summed E-state index contributed by atoms with van der Waals surface area (Å²) in [6, 6.07) is 4.09. The molecule has 0 spiro atoms. The highest BCUT2D eigenvalue weighted by molar-refractivity contribution is 5.90. The first-order valence-corrected chi connectivity index (χ1v) is 4.93. The van der Waals surface area contributed by atoms with Crippen molar-refractivity contribution in [3.05, 3.63) is 41.2 Å². The zero-order valence-corrected chi connectivity index (χ0v) is 9.07. The summed E-state index contributed by atoms with van der Waals surface area (Å²) in [5.41, 5.74) is 6.00. The van der Waals surface area contributed by atoms with E-state index in [2.05, 4.69) is 4.74 Å². The second-order valence-corrected chi connectivity index (χ2v) is 3.21. The number of ether oxygens (including phenoxy) is 1. The molecule has 1 aromatic carbocycles. The highest BCUT2D eigenvalue weighted by Gasteiger charge is 2.07. The van der Waals surface area contributed by atoms with Gasteiger partial charge in [0, 0.05) is 5.56 Å². The van der Waals surface area contributed by atoms with Crippen molar-refractivity contribution in [3.8, 4) is 0 Å². The Labute approximate surface area is 93.7 Å². The monoisotopic (exact) mass is 223 g/mol. The number of rotatable bonds is 4. The fraction of sp³-hybridized carbons (Fsp3) is 0.250. The lowest BCUT2D eigenvalue weighted by Gasteiger charge is -2.01. The van der Waals surface area contributed by atoms with E-state index >= 15 is 0 Å². The van der Waals surface area contributed by atoms with Gasteiger partial charge in [-0.25, -0.2) is 9.18 Å². The van der Waals surface area contributed by atoms with Gasteiger partial charge in [0.25, 0.3) is 0 Å². The third-order valence-corrected chi connectivity index (χ3v) is 2.05. The molecule has 16 heavy (non-hydrogen) atoms. The Morgan fingerprint density at radius 3 is 2.94 bits per heavy atom. The van der Waals surface area contributed by atoms with E-state index in [0.29, 0.717) is 24.1 Å². The normalized spacial score (nSPS) is 10.7. The number of carbonyl (C=O) groups is 1. The third-order valence-electron chi connectivity index (χ3n) is 2.05. The molecule has 0 unspecified atom stereocenters. The van der Waals surface area contributed by atoms with Crippen molar-refractivity contribution < 1.29 is 13.9 Å². The van der Waals surface area contributed by atoms with Crippen molar-refractivity contribution in [2.45, 2.75) is 6.42 Å². The van der Waals surface area contributed by atoms with Gasteiger partial charge in [-0.2, -0.15) is 0 Å². The van der Waals surface area contributed by atoms with Crippen LogP contribution in [0.15, 0.2) is 24.3 Å². The molecule has 86 valence electrons. The lowest BCUT2D eigenvalue weighted by atomic mass is 10.1. The maximum atomic E-state index is 13.3. The molecule has 0 fully saturated rings. The topological polar surface area (TPSA) is 52.3 Å². The maximum Gasteiger partial charge on any atom is 0.337 e. The van der Waals surface area contributed by atoms with Crippen molar-refractivity contribution in [2.24, 2.45) is 5.73 Å². The highest BCUT2D eigenvalue weighted by Crippen LogP contribution is 2.13. The first-order valence-electron chi connectivity index (χ1n) is 4.93. The molecule has 0 saturated carbocycles. The van der Waals surface area contributed by atoms with Gasteiger partial charge in [0.2, 0.25) is 0 Å². The second kappa shape index (κ2) is 6.02. The summed E-state index contributed by atoms with van der Waals surface area (Å²) < 4.78 is 17.9. The third kappa shape index (κ3) is 3.17. The Bertz CT molecular complexity index is 402. The molecule has 0 aliphatic heterocycles. The van der Waals surface area contributed by atoms with Crippen molar-refractivity contribution >= 4 is 12.0 Å². The SMILES string of the molecule is COC(=O)c1ccc(F)c(C=CCCN)c1. The van der Waals surface area contributed by atoms with E-state index in [0.717, 1.165) is 0 Å². The first kappa shape index (κ1) is 12.4. The standard InChI is InChI=1S/C12H14FNO2/c1-16-12(15)10-5-6-11(13)9(8-10)4-2-3-7-14/h2,4-6,8H,3,7,14H2,1H3. The van der Waals surface area contributed by atoms with Crippen LogP contribution in [0.25, 0.3) is 6.08 Å². The molecule has 0 radical (unpaired) electrons. The number of benzene rings is 1. The van der Waals surface area contributed by atoms with Crippen LogP contribution in [0.2, 0.25) is 0 Å². The van der Waals surface area contributed by atoms with Crippen LogP contribution in [0.5, 0.6) is 0 Å². The first-order chi connectivity index (χ1) is 7.69. The van der Waals surface area contributed by atoms with Crippen LogP contribution < -0.4 is 5.73 Å². The number of methoxy groups -OCH3 is 1. The quantitative estimate of drug-likeness (QED) is 0.794. The summed E-state index contributed by atoms with van der Waals surface area (Å²) >= 11 is 0. The van der Waals surface area contributed by atoms with Gasteiger partial charge >= 0.3 is 5.97 Å². The van der Waals surface area contributed by atoms with E-state index in [1.54, 1.807) is 12.2 Å². The average Bonchev–Trinajstić information content (AvgIpc) is 2.31. The Morgan fingerprint density at radius 2 is 2.31 bits per heavy atom. The van der Waals surface area contributed by atoms with Gasteiger partial charge in [0.15, 0.2) is 0 Å². The van der Waals surface area contributed by atoms with Gasteiger partial charge in [-0.05, 0) is 31.2 Å². The zero-order valence-electron chi connectivity index (χ0n) is 9.07. The Morgan fingerprint density at radius 1 is 1.56 bits per heavy atom. The van der Waals surface area contributed by atoms with Crippen LogP contribution in [0.1, 0.15) is 22.3 Å². The van der Waals surface area contributed by atoms with Crippen molar-refractivity contribution in [1.29, 1.82) is 0 Å². The summed E-state index contributed by atoms with van der Waals surface area (Å²) in [5.74, 6) is -0.852. The average molecular weight is 223 g/mol. The van der Waals surface area contributed by atoms with E-state index < -0.39 is 5.97 Å². The summed E-state index contributed by atoms with van der Waals surface area (Å²) in [5, 5.41) is 0. The second-order valence-electron chi connectivity index (χ2n) is 3.21. The smallest absolute Gasteiger partial charge is 0.337 e. The van der Waals surface area contributed by atoms with Crippen molar-refractivity contribution in [1.82, 2.24) is 0 Å². The number of esters is 1. The lowest BCUT2D eigenvalue weighted by molar-refractivity contribution is 0.0600. The summed E-state index contributed by atoms with van der Waals surface area (Å²) in [6.07, 6.45) is 4.04. The molecule has 1 aromatic rings. The molecule has 0 bridgehead atoms. The molecule has 0 aliphatic carbocycles. The predicted octanol–water partition coefficient (Wildman–Crippen LogP) is 1.97. The fourth-order valence-electron chi connectivity index (χ4n) is 1.22. The molecule has 1 rings (SSSR count). The van der Waals surface area contributed by atoms with Crippen LogP contribution >= 0.6 is 0 Å². The van der Waals surface area contributed by atoms with Gasteiger partial charge in [-0.15, -0.1) is 0 Å². The number of carbonyl (C=O) groups excluding carboxylic acids is 1. The van der Waals surface area contributed by atoms with Crippen molar-refractivity contribution in [2.75, 3.05) is 13.7 Å². The van der Waals surface area contributed by atoms with Crippen LogP contribution in [0.3, 0.4) is 0 Å². The minimum Gasteiger partial charge on any atom is -0.465 e. The summed E-state index contributed by atoms with van der Waals surface area (Å²) in [6.45, 7) is 0.509. The van der Waals surface area contributed by atoms with Gasteiger partial charge < -0.3 is 10.5 Å². The van der Waals surface area contributed by atoms with Crippen LogP contribution in [-0.4, -0.2) is 19.6 Å². The van der Waals surface area contributed by atoms with Gasteiger partial charge in [0.05, 0.1) is 12.7 Å². The van der Waals surface area contributed by atoms with E-state index in [4.69, 9.17) is 5.73 Å². The van der Waals surface area contributed by atoms with Crippen LogP contribution in [0, 0.1) is 5.82 Å².